The SMILES string of the molecule is CC(C)CN1CCOC(CNC(=O)[C@H]2CCN[C@@H](C)C2)C1. The fraction of sp³-hybridized carbons (Fsp3) is 0.938. The van der Waals surface area contributed by atoms with Gasteiger partial charge in [0.05, 0.1) is 12.7 Å². The van der Waals surface area contributed by atoms with E-state index < -0.39 is 0 Å². The Balaban J connectivity index is 1.70. The van der Waals surface area contributed by atoms with Crippen molar-refractivity contribution in [3.63, 3.8) is 0 Å². The number of morpholine rings is 1. The van der Waals surface area contributed by atoms with E-state index in [1.807, 2.05) is 0 Å². The fourth-order valence-electron chi connectivity index (χ4n) is 3.31. The van der Waals surface area contributed by atoms with Crippen molar-refractivity contribution in [2.75, 3.05) is 39.3 Å². The summed E-state index contributed by atoms with van der Waals surface area (Å²) in [6, 6.07) is 0.446. The van der Waals surface area contributed by atoms with Crippen molar-refractivity contribution < 1.29 is 9.53 Å². The molecule has 2 aliphatic rings. The Labute approximate surface area is 128 Å². The molecule has 0 aromatic heterocycles. The average Bonchev–Trinajstić information content (AvgIpc) is 2.44. The predicted molar refractivity (Wildman–Crippen MR) is 84.2 cm³/mol. The van der Waals surface area contributed by atoms with Crippen LogP contribution < -0.4 is 10.6 Å². The third kappa shape index (κ3) is 5.57. The van der Waals surface area contributed by atoms with Crippen molar-refractivity contribution in [2.24, 2.45) is 11.8 Å². The quantitative estimate of drug-likeness (QED) is 0.790. The second-order valence-electron chi connectivity index (χ2n) is 6.97. The first-order valence-electron chi connectivity index (χ1n) is 8.39. The first-order chi connectivity index (χ1) is 10.0. The van der Waals surface area contributed by atoms with E-state index in [9.17, 15) is 4.79 Å². The van der Waals surface area contributed by atoms with Gasteiger partial charge < -0.3 is 15.4 Å². The Morgan fingerprint density at radius 1 is 1.48 bits per heavy atom. The summed E-state index contributed by atoms with van der Waals surface area (Å²) in [7, 11) is 0. The lowest BCUT2D eigenvalue weighted by Gasteiger charge is -2.34. The van der Waals surface area contributed by atoms with Crippen LogP contribution in [0.25, 0.3) is 0 Å². The topological polar surface area (TPSA) is 53.6 Å². The summed E-state index contributed by atoms with van der Waals surface area (Å²) < 4.78 is 5.78. The van der Waals surface area contributed by atoms with Gasteiger partial charge in [-0.15, -0.1) is 0 Å². The average molecular weight is 297 g/mol. The molecule has 2 rings (SSSR count). The summed E-state index contributed by atoms with van der Waals surface area (Å²) in [5, 5.41) is 6.48. The number of nitrogens with zero attached hydrogens (tertiary/aromatic N) is 1. The highest BCUT2D eigenvalue weighted by molar-refractivity contribution is 5.78. The number of hydrogen-bond donors (Lipinski definition) is 2. The molecule has 5 heteroatoms. The molecule has 0 radical (unpaired) electrons. The Morgan fingerprint density at radius 3 is 3.00 bits per heavy atom. The number of nitrogens with one attached hydrogen (secondary N) is 2. The molecule has 5 nitrogen and oxygen atoms in total. The van der Waals surface area contributed by atoms with E-state index in [0.29, 0.717) is 18.5 Å². The molecule has 3 atom stereocenters. The molecule has 0 spiro atoms. The highest BCUT2D eigenvalue weighted by Crippen LogP contribution is 2.16. The van der Waals surface area contributed by atoms with Gasteiger partial charge in [0.25, 0.3) is 0 Å². The second-order valence-corrected chi connectivity index (χ2v) is 6.97. The van der Waals surface area contributed by atoms with Crippen LogP contribution in [0.2, 0.25) is 0 Å². The molecule has 0 aromatic rings. The van der Waals surface area contributed by atoms with Gasteiger partial charge in [0, 0.05) is 38.1 Å². The minimum atomic E-state index is 0.139. The van der Waals surface area contributed by atoms with Crippen LogP contribution in [0.4, 0.5) is 0 Å². The number of hydrogen-bond acceptors (Lipinski definition) is 4. The fourth-order valence-corrected chi connectivity index (χ4v) is 3.31. The summed E-state index contributed by atoms with van der Waals surface area (Å²) in [5.74, 6) is 1.04. The van der Waals surface area contributed by atoms with Gasteiger partial charge in [0.15, 0.2) is 0 Å². The summed E-state index contributed by atoms with van der Waals surface area (Å²) in [6.07, 6.45) is 2.03. The van der Waals surface area contributed by atoms with Crippen molar-refractivity contribution in [3.8, 4) is 0 Å². The summed E-state index contributed by atoms with van der Waals surface area (Å²) >= 11 is 0. The van der Waals surface area contributed by atoms with Crippen molar-refractivity contribution in [3.05, 3.63) is 0 Å². The van der Waals surface area contributed by atoms with Gasteiger partial charge in [0.1, 0.15) is 0 Å². The van der Waals surface area contributed by atoms with Crippen LogP contribution >= 0.6 is 0 Å². The Bertz CT molecular complexity index is 335. The van der Waals surface area contributed by atoms with Crippen molar-refractivity contribution >= 4 is 5.91 Å². The first-order valence-corrected chi connectivity index (χ1v) is 8.39. The molecule has 2 aliphatic heterocycles. The zero-order valence-corrected chi connectivity index (χ0v) is 13.7. The third-order valence-corrected chi connectivity index (χ3v) is 4.34. The summed E-state index contributed by atoms with van der Waals surface area (Å²) in [5.41, 5.74) is 0. The minimum absolute atomic E-state index is 0.139. The van der Waals surface area contributed by atoms with Crippen molar-refractivity contribution in [1.82, 2.24) is 15.5 Å². The summed E-state index contributed by atoms with van der Waals surface area (Å²) in [4.78, 5) is 14.7. The first kappa shape index (κ1) is 16.7. The maximum Gasteiger partial charge on any atom is 0.223 e. The lowest BCUT2D eigenvalue weighted by molar-refractivity contribution is -0.127. The molecule has 21 heavy (non-hydrogen) atoms. The second kappa shape index (κ2) is 8.11. The zero-order chi connectivity index (χ0) is 15.2. The normalized spacial score (nSPS) is 31.3. The van der Waals surface area contributed by atoms with E-state index in [4.69, 9.17) is 4.74 Å². The molecule has 2 heterocycles. The van der Waals surface area contributed by atoms with Crippen LogP contribution in [0.15, 0.2) is 0 Å². The molecule has 1 unspecified atom stereocenters. The smallest absolute Gasteiger partial charge is 0.223 e. The van der Waals surface area contributed by atoms with Gasteiger partial charge in [-0.05, 0) is 32.2 Å². The molecule has 1 amide bonds. The van der Waals surface area contributed by atoms with E-state index in [0.717, 1.165) is 45.6 Å². The van der Waals surface area contributed by atoms with Crippen molar-refractivity contribution in [2.45, 2.75) is 45.8 Å². The van der Waals surface area contributed by atoms with Gasteiger partial charge in [-0.25, -0.2) is 0 Å². The predicted octanol–water partition coefficient (Wildman–Crippen LogP) is 0.848. The number of ether oxygens (including phenoxy) is 1. The van der Waals surface area contributed by atoms with Crippen LogP contribution in [0.5, 0.6) is 0 Å². The van der Waals surface area contributed by atoms with E-state index in [-0.39, 0.29) is 17.9 Å². The maximum atomic E-state index is 12.2. The molecular weight excluding hydrogens is 266 g/mol. The Hall–Kier alpha value is -0.650. The molecule has 0 saturated carbocycles. The molecule has 122 valence electrons. The van der Waals surface area contributed by atoms with Crippen LogP contribution in [-0.4, -0.2) is 62.3 Å². The third-order valence-electron chi connectivity index (χ3n) is 4.34. The highest BCUT2D eigenvalue weighted by Gasteiger charge is 2.26. The van der Waals surface area contributed by atoms with Gasteiger partial charge >= 0.3 is 0 Å². The van der Waals surface area contributed by atoms with E-state index in [1.165, 1.54) is 0 Å². The zero-order valence-electron chi connectivity index (χ0n) is 13.7. The van der Waals surface area contributed by atoms with Crippen molar-refractivity contribution in [1.29, 1.82) is 0 Å². The number of amides is 1. The van der Waals surface area contributed by atoms with Gasteiger partial charge in [-0.3, -0.25) is 9.69 Å². The summed E-state index contributed by atoms with van der Waals surface area (Å²) in [6.45, 7) is 12.0. The number of rotatable bonds is 5. The molecule has 2 saturated heterocycles. The maximum absolute atomic E-state index is 12.2. The Kier molecular flexibility index (Phi) is 6.45. The van der Waals surface area contributed by atoms with Crippen LogP contribution in [-0.2, 0) is 9.53 Å². The number of carbonyl (C=O) groups excluding carboxylic acids is 1. The standard InChI is InChI=1S/C16H31N3O2/c1-12(2)10-19-6-7-21-15(11-19)9-18-16(20)14-4-5-17-13(3)8-14/h12-15,17H,4-11H2,1-3H3,(H,18,20)/t13-,14-,15?/m0/s1. The lowest BCUT2D eigenvalue weighted by Crippen LogP contribution is -2.50. The highest BCUT2D eigenvalue weighted by atomic mass is 16.5. The largest absolute Gasteiger partial charge is 0.374 e. The lowest BCUT2D eigenvalue weighted by atomic mass is 9.92. The molecular formula is C16H31N3O2. The molecule has 0 bridgehead atoms. The number of carbonyl (C=O) groups is 1. The minimum Gasteiger partial charge on any atom is -0.374 e. The van der Waals surface area contributed by atoms with E-state index >= 15 is 0 Å². The van der Waals surface area contributed by atoms with E-state index in [1.54, 1.807) is 0 Å². The van der Waals surface area contributed by atoms with Gasteiger partial charge in [0.2, 0.25) is 5.91 Å². The number of piperidine rings is 1. The molecule has 0 aromatic carbocycles. The van der Waals surface area contributed by atoms with Crippen LogP contribution in [0.3, 0.4) is 0 Å². The monoisotopic (exact) mass is 297 g/mol. The van der Waals surface area contributed by atoms with Gasteiger partial charge in [-0.1, -0.05) is 13.8 Å². The van der Waals surface area contributed by atoms with E-state index in [2.05, 4.69) is 36.3 Å². The van der Waals surface area contributed by atoms with Crippen LogP contribution in [0.1, 0.15) is 33.6 Å². The van der Waals surface area contributed by atoms with Crippen LogP contribution in [0, 0.1) is 11.8 Å². The van der Waals surface area contributed by atoms with Gasteiger partial charge in [-0.2, -0.15) is 0 Å². The molecule has 2 fully saturated rings. The Morgan fingerprint density at radius 2 is 2.29 bits per heavy atom. The molecule has 2 N–H and O–H groups in total. The molecule has 0 aliphatic carbocycles.